The number of halogens is 1. The standard InChI is InChI=1S/C10H12ClNO2/c11-6-2-4-8-14-10(13)9-5-1-3-7-12-9/h1,3,5,7H,2,4,6,8H2. The van der Waals surface area contributed by atoms with Crippen LogP contribution in [0.5, 0.6) is 0 Å². The van der Waals surface area contributed by atoms with Crippen molar-refractivity contribution < 1.29 is 9.53 Å². The Hall–Kier alpha value is -1.09. The summed E-state index contributed by atoms with van der Waals surface area (Å²) >= 11 is 5.48. The summed E-state index contributed by atoms with van der Waals surface area (Å²) in [5.41, 5.74) is 0.346. The molecule has 0 spiro atoms. The Bertz CT molecular complexity index is 277. The van der Waals surface area contributed by atoms with Crippen LogP contribution in [0.25, 0.3) is 0 Å². The van der Waals surface area contributed by atoms with E-state index in [1.54, 1.807) is 24.4 Å². The Balaban J connectivity index is 2.29. The molecule has 0 amide bonds. The van der Waals surface area contributed by atoms with E-state index < -0.39 is 0 Å². The normalized spacial score (nSPS) is 9.79. The van der Waals surface area contributed by atoms with Gasteiger partial charge in [0.1, 0.15) is 5.69 Å². The Kier molecular flexibility index (Phi) is 5.00. The highest BCUT2D eigenvalue weighted by molar-refractivity contribution is 6.17. The highest BCUT2D eigenvalue weighted by Gasteiger charge is 2.06. The van der Waals surface area contributed by atoms with Crippen LogP contribution in [0.15, 0.2) is 24.4 Å². The second-order valence-corrected chi connectivity index (χ2v) is 3.12. The quantitative estimate of drug-likeness (QED) is 0.428. The van der Waals surface area contributed by atoms with E-state index in [9.17, 15) is 4.79 Å². The monoisotopic (exact) mass is 213 g/mol. The molecule has 3 nitrogen and oxygen atoms in total. The third-order valence-electron chi connectivity index (χ3n) is 1.64. The predicted octanol–water partition coefficient (Wildman–Crippen LogP) is 2.26. The molecule has 4 heteroatoms. The van der Waals surface area contributed by atoms with Crippen molar-refractivity contribution in [1.29, 1.82) is 0 Å². The molecular weight excluding hydrogens is 202 g/mol. The number of rotatable bonds is 5. The van der Waals surface area contributed by atoms with Gasteiger partial charge in [-0.25, -0.2) is 9.78 Å². The predicted molar refractivity (Wildman–Crippen MR) is 54.5 cm³/mol. The number of esters is 1. The minimum atomic E-state index is -0.375. The zero-order valence-electron chi connectivity index (χ0n) is 7.78. The first kappa shape index (κ1) is 11.0. The number of unbranched alkanes of at least 4 members (excludes halogenated alkanes) is 1. The number of nitrogens with zero attached hydrogens (tertiary/aromatic N) is 1. The fourth-order valence-corrected chi connectivity index (χ4v) is 1.11. The van der Waals surface area contributed by atoms with E-state index in [1.165, 1.54) is 0 Å². The zero-order chi connectivity index (χ0) is 10.2. The number of aromatic nitrogens is 1. The maximum absolute atomic E-state index is 11.3. The van der Waals surface area contributed by atoms with E-state index in [-0.39, 0.29) is 5.97 Å². The van der Waals surface area contributed by atoms with Crippen molar-refractivity contribution in [3.8, 4) is 0 Å². The van der Waals surface area contributed by atoms with Gasteiger partial charge in [0.2, 0.25) is 0 Å². The molecule has 0 saturated carbocycles. The van der Waals surface area contributed by atoms with Crippen LogP contribution in [0, 0.1) is 0 Å². The van der Waals surface area contributed by atoms with Crippen molar-refractivity contribution in [1.82, 2.24) is 4.98 Å². The van der Waals surface area contributed by atoms with Crippen LogP contribution in [0.1, 0.15) is 23.3 Å². The SMILES string of the molecule is O=C(OCCCCCl)c1ccccn1. The largest absolute Gasteiger partial charge is 0.461 e. The molecule has 0 aliphatic heterocycles. The van der Waals surface area contributed by atoms with E-state index in [1.807, 2.05) is 0 Å². The van der Waals surface area contributed by atoms with Gasteiger partial charge in [0.25, 0.3) is 0 Å². The molecule has 1 heterocycles. The maximum atomic E-state index is 11.3. The van der Waals surface area contributed by atoms with Crippen LogP contribution in [-0.4, -0.2) is 23.4 Å². The van der Waals surface area contributed by atoms with Crippen LogP contribution in [0.3, 0.4) is 0 Å². The van der Waals surface area contributed by atoms with E-state index in [4.69, 9.17) is 16.3 Å². The summed E-state index contributed by atoms with van der Waals surface area (Å²) in [7, 11) is 0. The topological polar surface area (TPSA) is 39.2 Å². The van der Waals surface area contributed by atoms with Crippen LogP contribution < -0.4 is 0 Å². The molecular formula is C10H12ClNO2. The molecule has 0 atom stereocenters. The van der Waals surface area contributed by atoms with Gasteiger partial charge in [0, 0.05) is 12.1 Å². The summed E-state index contributed by atoms with van der Waals surface area (Å²) in [6.45, 7) is 0.405. The Labute approximate surface area is 88.1 Å². The van der Waals surface area contributed by atoms with Gasteiger partial charge >= 0.3 is 5.97 Å². The van der Waals surface area contributed by atoms with Gasteiger partial charge in [-0.2, -0.15) is 0 Å². The van der Waals surface area contributed by atoms with Crippen molar-refractivity contribution in [2.75, 3.05) is 12.5 Å². The Morgan fingerprint density at radius 1 is 1.43 bits per heavy atom. The van der Waals surface area contributed by atoms with E-state index in [0.29, 0.717) is 18.2 Å². The molecule has 1 rings (SSSR count). The smallest absolute Gasteiger partial charge is 0.356 e. The average molecular weight is 214 g/mol. The molecule has 0 unspecified atom stereocenters. The van der Waals surface area contributed by atoms with Gasteiger partial charge in [0.15, 0.2) is 0 Å². The number of carbonyl (C=O) groups excluding carboxylic acids is 1. The number of hydrogen-bond acceptors (Lipinski definition) is 3. The summed E-state index contributed by atoms with van der Waals surface area (Å²) in [5.74, 6) is 0.224. The van der Waals surface area contributed by atoms with E-state index in [0.717, 1.165) is 12.8 Å². The number of alkyl halides is 1. The van der Waals surface area contributed by atoms with Crippen molar-refractivity contribution in [3.63, 3.8) is 0 Å². The first-order chi connectivity index (χ1) is 6.84. The number of carbonyl (C=O) groups is 1. The lowest BCUT2D eigenvalue weighted by Gasteiger charge is -2.02. The number of hydrogen-bond donors (Lipinski definition) is 0. The first-order valence-electron chi connectivity index (χ1n) is 4.48. The highest BCUT2D eigenvalue weighted by Crippen LogP contribution is 1.99. The fourth-order valence-electron chi connectivity index (χ4n) is 0.919. The van der Waals surface area contributed by atoms with Crippen LogP contribution in [-0.2, 0) is 4.74 Å². The average Bonchev–Trinajstić information content (AvgIpc) is 2.25. The maximum Gasteiger partial charge on any atom is 0.356 e. The molecule has 14 heavy (non-hydrogen) atoms. The van der Waals surface area contributed by atoms with Gasteiger partial charge in [-0.05, 0) is 25.0 Å². The van der Waals surface area contributed by atoms with E-state index in [2.05, 4.69) is 4.98 Å². The summed E-state index contributed by atoms with van der Waals surface area (Å²) in [5, 5.41) is 0. The van der Waals surface area contributed by atoms with Crippen molar-refractivity contribution in [2.45, 2.75) is 12.8 Å². The van der Waals surface area contributed by atoms with Gasteiger partial charge < -0.3 is 4.74 Å². The molecule has 1 aromatic heterocycles. The van der Waals surface area contributed by atoms with Crippen LogP contribution in [0.4, 0.5) is 0 Å². The molecule has 0 radical (unpaired) electrons. The highest BCUT2D eigenvalue weighted by atomic mass is 35.5. The Morgan fingerprint density at radius 2 is 2.29 bits per heavy atom. The lowest BCUT2D eigenvalue weighted by Crippen LogP contribution is -2.08. The second-order valence-electron chi connectivity index (χ2n) is 2.75. The lowest BCUT2D eigenvalue weighted by atomic mass is 10.3. The molecule has 0 aromatic carbocycles. The van der Waals surface area contributed by atoms with Crippen molar-refractivity contribution in [2.24, 2.45) is 0 Å². The lowest BCUT2D eigenvalue weighted by molar-refractivity contribution is 0.0493. The minimum absolute atomic E-state index is 0.346. The molecule has 0 fully saturated rings. The zero-order valence-corrected chi connectivity index (χ0v) is 8.54. The molecule has 0 aliphatic rings. The van der Waals surface area contributed by atoms with Gasteiger partial charge in [-0.1, -0.05) is 6.07 Å². The van der Waals surface area contributed by atoms with Crippen molar-refractivity contribution >= 4 is 17.6 Å². The number of ether oxygens (including phenoxy) is 1. The molecule has 0 aliphatic carbocycles. The fraction of sp³-hybridized carbons (Fsp3) is 0.400. The molecule has 76 valence electrons. The minimum Gasteiger partial charge on any atom is -0.461 e. The third-order valence-corrected chi connectivity index (χ3v) is 1.90. The molecule has 0 N–H and O–H groups in total. The van der Waals surface area contributed by atoms with Gasteiger partial charge in [0.05, 0.1) is 6.61 Å². The molecule has 0 saturated heterocycles. The van der Waals surface area contributed by atoms with Gasteiger partial charge in [-0.3, -0.25) is 0 Å². The van der Waals surface area contributed by atoms with E-state index >= 15 is 0 Å². The van der Waals surface area contributed by atoms with Crippen LogP contribution in [0.2, 0.25) is 0 Å². The summed E-state index contributed by atoms with van der Waals surface area (Å²) in [4.78, 5) is 15.2. The van der Waals surface area contributed by atoms with Crippen LogP contribution >= 0.6 is 11.6 Å². The molecule has 0 bridgehead atoms. The third kappa shape index (κ3) is 3.75. The number of pyridine rings is 1. The first-order valence-corrected chi connectivity index (χ1v) is 5.02. The van der Waals surface area contributed by atoms with Crippen molar-refractivity contribution in [3.05, 3.63) is 30.1 Å². The van der Waals surface area contributed by atoms with Gasteiger partial charge in [-0.15, -0.1) is 11.6 Å². The summed E-state index contributed by atoms with van der Waals surface area (Å²) in [6, 6.07) is 5.14. The summed E-state index contributed by atoms with van der Waals surface area (Å²) < 4.78 is 4.97. The Morgan fingerprint density at radius 3 is 2.93 bits per heavy atom. The summed E-state index contributed by atoms with van der Waals surface area (Å²) in [6.07, 6.45) is 3.22. The molecule has 1 aromatic rings. The second kappa shape index (κ2) is 6.38.